The molecule has 2 rings (SSSR count). The Labute approximate surface area is 87.4 Å². The molecule has 2 saturated carbocycles. The Morgan fingerprint density at radius 1 is 1.21 bits per heavy atom. The van der Waals surface area contributed by atoms with Crippen molar-refractivity contribution >= 4 is 0 Å². The highest BCUT2D eigenvalue weighted by Gasteiger charge is 2.46. The smallest absolute Gasteiger partial charge is 0.0587 e. The van der Waals surface area contributed by atoms with Crippen molar-refractivity contribution in [2.45, 2.75) is 51.0 Å². The lowest BCUT2D eigenvalue weighted by Gasteiger charge is -2.52. The Bertz CT molecular complexity index is 175. The Morgan fingerprint density at radius 2 is 2.00 bits per heavy atom. The van der Waals surface area contributed by atoms with Crippen molar-refractivity contribution in [1.29, 1.82) is 0 Å². The fraction of sp³-hybridized carbons (Fsp3) is 1.00. The highest BCUT2D eigenvalue weighted by molar-refractivity contribution is 5.01. The molecular formula is C12H23NO. The average molecular weight is 197 g/mol. The summed E-state index contributed by atoms with van der Waals surface area (Å²) >= 11 is 0. The molecule has 2 fully saturated rings. The summed E-state index contributed by atoms with van der Waals surface area (Å²) in [5, 5.41) is 3.66. The molecule has 14 heavy (non-hydrogen) atoms. The van der Waals surface area contributed by atoms with Crippen LogP contribution in [0.2, 0.25) is 0 Å². The van der Waals surface area contributed by atoms with Crippen molar-refractivity contribution in [3.8, 4) is 0 Å². The second-order valence-corrected chi connectivity index (χ2v) is 4.96. The second-order valence-electron chi connectivity index (χ2n) is 4.96. The van der Waals surface area contributed by atoms with E-state index in [4.69, 9.17) is 4.74 Å². The normalized spacial score (nSPS) is 30.2. The topological polar surface area (TPSA) is 21.3 Å². The maximum Gasteiger partial charge on any atom is 0.0587 e. The van der Waals surface area contributed by atoms with Crippen molar-refractivity contribution in [1.82, 2.24) is 5.32 Å². The molecule has 1 atom stereocenters. The van der Waals surface area contributed by atoms with Crippen LogP contribution in [0.25, 0.3) is 0 Å². The Kier molecular flexibility index (Phi) is 3.45. The predicted octanol–water partition coefficient (Wildman–Crippen LogP) is 2.34. The summed E-state index contributed by atoms with van der Waals surface area (Å²) in [6.45, 7) is 1.88. The second kappa shape index (κ2) is 4.63. The first-order chi connectivity index (χ1) is 6.87. The quantitative estimate of drug-likeness (QED) is 0.698. The number of hydrogen-bond acceptors (Lipinski definition) is 2. The molecule has 2 heteroatoms. The molecule has 1 N–H and O–H groups in total. The van der Waals surface area contributed by atoms with Crippen molar-refractivity contribution in [3.63, 3.8) is 0 Å². The molecule has 0 bridgehead atoms. The predicted molar refractivity (Wildman–Crippen MR) is 58.4 cm³/mol. The van der Waals surface area contributed by atoms with E-state index in [0.29, 0.717) is 5.41 Å². The molecule has 0 aromatic carbocycles. The zero-order valence-corrected chi connectivity index (χ0v) is 9.35. The largest absolute Gasteiger partial charge is 0.383 e. The van der Waals surface area contributed by atoms with Gasteiger partial charge in [-0.25, -0.2) is 0 Å². The number of rotatable bonds is 4. The van der Waals surface area contributed by atoms with E-state index in [-0.39, 0.29) is 0 Å². The molecule has 2 aliphatic carbocycles. The van der Waals surface area contributed by atoms with Crippen molar-refractivity contribution in [2.24, 2.45) is 5.41 Å². The van der Waals surface area contributed by atoms with Gasteiger partial charge in [0.25, 0.3) is 0 Å². The zero-order chi connectivity index (χ0) is 9.86. The van der Waals surface area contributed by atoms with Gasteiger partial charge in [0.15, 0.2) is 0 Å². The number of methoxy groups -OCH3 is 1. The fourth-order valence-electron chi connectivity index (χ4n) is 3.21. The summed E-state index contributed by atoms with van der Waals surface area (Å²) in [6.07, 6.45) is 10.2. The van der Waals surface area contributed by atoms with Crippen molar-refractivity contribution in [3.05, 3.63) is 0 Å². The van der Waals surface area contributed by atoms with Crippen LogP contribution in [0.4, 0.5) is 0 Å². The number of nitrogens with one attached hydrogen (secondary N) is 1. The van der Waals surface area contributed by atoms with Crippen LogP contribution in [-0.2, 0) is 4.74 Å². The molecule has 1 spiro atoms. The molecule has 82 valence electrons. The molecule has 1 unspecified atom stereocenters. The van der Waals surface area contributed by atoms with Crippen molar-refractivity contribution in [2.75, 3.05) is 20.3 Å². The highest BCUT2D eigenvalue weighted by Crippen LogP contribution is 2.51. The van der Waals surface area contributed by atoms with Gasteiger partial charge < -0.3 is 10.1 Å². The summed E-state index contributed by atoms with van der Waals surface area (Å²) in [6, 6.07) is 0.804. The van der Waals surface area contributed by atoms with Crippen LogP contribution in [0.5, 0.6) is 0 Å². The van der Waals surface area contributed by atoms with E-state index in [9.17, 15) is 0 Å². The lowest BCUT2D eigenvalue weighted by Crippen LogP contribution is -2.54. The van der Waals surface area contributed by atoms with Crippen LogP contribution in [-0.4, -0.2) is 26.3 Å². The molecule has 0 amide bonds. The lowest BCUT2D eigenvalue weighted by molar-refractivity contribution is 0.0197. The molecule has 0 radical (unpaired) electrons. The van der Waals surface area contributed by atoms with Crippen LogP contribution in [0.3, 0.4) is 0 Å². The van der Waals surface area contributed by atoms with Gasteiger partial charge in [-0.1, -0.05) is 19.3 Å². The van der Waals surface area contributed by atoms with Crippen LogP contribution >= 0.6 is 0 Å². The van der Waals surface area contributed by atoms with Crippen LogP contribution < -0.4 is 5.32 Å². The summed E-state index contributed by atoms with van der Waals surface area (Å²) in [7, 11) is 1.78. The standard InChI is InChI=1S/C12H23NO/c1-14-10-9-13-11-5-8-12(11)6-3-2-4-7-12/h11,13H,2-10H2,1H3. The van der Waals surface area contributed by atoms with Gasteiger partial charge >= 0.3 is 0 Å². The minimum atomic E-state index is 0.700. The summed E-state index contributed by atoms with van der Waals surface area (Å²) in [5.41, 5.74) is 0.700. The Balaban J connectivity index is 1.76. The van der Waals surface area contributed by atoms with Gasteiger partial charge in [0.2, 0.25) is 0 Å². The van der Waals surface area contributed by atoms with Gasteiger partial charge in [0.05, 0.1) is 6.61 Å². The molecule has 0 aliphatic heterocycles. The van der Waals surface area contributed by atoms with E-state index in [1.54, 1.807) is 7.11 Å². The first-order valence-electron chi connectivity index (χ1n) is 6.10. The van der Waals surface area contributed by atoms with Gasteiger partial charge in [0.1, 0.15) is 0 Å². The Hall–Kier alpha value is -0.0800. The van der Waals surface area contributed by atoms with Gasteiger partial charge in [-0.05, 0) is 31.1 Å². The lowest BCUT2D eigenvalue weighted by atomic mass is 9.57. The maximum absolute atomic E-state index is 5.07. The SMILES string of the molecule is COCCNC1CCC12CCCCC2. The van der Waals surface area contributed by atoms with Gasteiger partial charge in [0, 0.05) is 19.7 Å². The van der Waals surface area contributed by atoms with E-state index < -0.39 is 0 Å². The number of ether oxygens (including phenoxy) is 1. The average Bonchev–Trinajstić information content (AvgIpc) is 2.24. The Morgan fingerprint density at radius 3 is 2.57 bits per heavy atom. The zero-order valence-electron chi connectivity index (χ0n) is 9.35. The monoisotopic (exact) mass is 197 g/mol. The molecule has 2 nitrogen and oxygen atoms in total. The van der Waals surface area contributed by atoms with Gasteiger partial charge in [-0.3, -0.25) is 0 Å². The molecule has 0 saturated heterocycles. The summed E-state index contributed by atoms with van der Waals surface area (Å²) < 4.78 is 5.07. The molecule has 0 aromatic rings. The van der Waals surface area contributed by atoms with E-state index >= 15 is 0 Å². The molecule has 0 heterocycles. The molecule has 0 aromatic heterocycles. The van der Waals surface area contributed by atoms with E-state index in [1.165, 1.54) is 44.9 Å². The van der Waals surface area contributed by atoms with E-state index in [1.807, 2.05) is 0 Å². The molecule has 2 aliphatic rings. The first-order valence-corrected chi connectivity index (χ1v) is 6.10. The third kappa shape index (κ3) is 1.96. The minimum Gasteiger partial charge on any atom is -0.383 e. The van der Waals surface area contributed by atoms with Crippen LogP contribution in [0.15, 0.2) is 0 Å². The van der Waals surface area contributed by atoms with Crippen LogP contribution in [0, 0.1) is 5.41 Å². The third-order valence-corrected chi connectivity index (χ3v) is 4.22. The van der Waals surface area contributed by atoms with Gasteiger partial charge in [-0.15, -0.1) is 0 Å². The minimum absolute atomic E-state index is 0.700. The van der Waals surface area contributed by atoms with Crippen molar-refractivity contribution < 1.29 is 4.74 Å². The highest BCUT2D eigenvalue weighted by atomic mass is 16.5. The van der Waals surface area contributed by atoms with E-state index in [2.05, 4.69) is 5.32 Å². The third-order valence-electron chi connectivity index (χ3n) is 4.22. The summed E-state index contributed by atoms with van der Waals surface area (Å²) in [5.74, 6) is 0. The number of hydrogen-bond donors (Lipinski definition) is 1. The van der Waals surface area contributed by atoms with Gasteiger partial charge in [-0.2, -0.15) is 0 Å². The maximum atomic E-state index is 5.07. The fourth-order valence-corrected chi connectivity index (χ4v) is 3.21. The summed E-state index contributed by atoms with van der Waals surface area (Å²) in [4.78, 5) is 0. The van der Waals surface area contributed by atoms with Crippen LogP contribution in [0.1, 0.15) is 44.9 Å². The first kappa shape index (κ1) is 10.4. The van der Waals surface area contributed by atoms with E-state index in [0.717, 1.165) is 19.2 Å². The molecular weight excluding hydrogens is 174 g/mol.